The molecule has 2 aliphatic rings. The molecule has 1 aromatic rings. The summed E-state index contributed by atoms with van der Waals surface area (Å²) < 4.78 is 6.66. The number of halogens is 1. The van der Waals surface area contributed by atoms with Crippen molar-refractivity contribution in [2.45, 2.75) is 32.7 Å². The molecule has 0 aliphatic carbocycles. The predicted molar refractivity (Wildman–Crippen MR) is 91.2 cm³/mol. The lowest BCUT2D eigenvalue weighted by Gasteiger charge is -2.42. The zero-order valence-electron chi connectivity index (χ0n) is 13.1. The summed E-state index contributed by atoms with van der Waals surface area (Å²) in [4.78, 5) is 5.23. The molecule has 116 valence electrons. The number of hydrogen-bond donors (Lipinski definition) is 0. The Kier molecular flexibility index (Phi) is 4.87. The molecule has 2 fully saturated rings. The van der Waals surface area contributed by atoms with Crippen molar-refractivity contribution >= 4 is 21.6 Å². The molecular formula is C17H25BrN2O. The second kappa shape index (κ2) is 6.67. The Morgan fingerprint density at radius 2 is 1.57 bits per heavy atom. The molecule has 0 amide bonds. The SMILES string of the molecule is Cc1cc(Br)cc(C)c1N1CCN(C2CCOCC2)CC1. The molecule has 3 rings (SSSR count). The fourth-order valence-corrected chi connectivity index (χ4v) is 4.45. The van der Waals surface area contributed by atoms with Crippen LogP contribution < -0.4 is 4.90 Å². The van der Waals surface area contributed by atoms with Gasteiger partial charge < -0.3 is 9.64 Å². The number of aryl methyl sites for hydroxylation is 2. The second-order valence-corrected chi connectivity index (χ2v) is 7.17. The highest BCUT2D eigenvalue weighted by molar-refractivity contribution is 9.10. The molecule has 0 aromatic heterocycles. The molecule has 21 heavy (non-hydrogen) atoms. The van der Waals surface area contributed by atoms with Crippen molar-refractivity contribution in [3.63, 3.8) is 0 Å². The van der Waals surface area contributed by atoms with Gasteiger partial charge in [-0.1, -0.05) is 15.9 Å². The van der Waals surface area contributed by atoms with Gasteiger partial charge in [-0.15, -0.1) is 0 Å². The van der Waals surface area contributed by atoms with Crippen LogP contribution in [0.2, 0.25) is 0 Å². The zero-order chi connectivity index (χ0) is 14.8. The van der Waals surface area contributed by atoms with Gasteiger partial charge >= 0.3 is 0 Å². The molecule has 0 N–H and O–H groups in total. The molecule has 0 radical (unpaired) electrons. The van der Waals surface area contributed by atoms with Crippen LogP contribution in [0, 0.1) is 13.8 Å². The summed E-state index contributed by atoms with van der Waals surface area (Å²) in [6.45, 7) is 11.0. The highest BCUT2D eigenvalue weighted by Crippen LogP contribution is 2.30. The molecule has 1 aromatic carbocycles. The quantitative estimate of drug-likeness (QED) is 0.811. The van der Waals surface area contributed by atoms with Crippen molar-refractivity contribution in [2.75, 3.05) is 44.3 Å². The highest BCUT2D eigenvalue weighted by Gasteiger charge is 2.26. The van der Waals surface area contributed by atoms with Gasteiger partial charge in [0, 0.05) is 55.6 Å². The monoisotopic (exact) mass is 352 g/mol. The van der Waals surface area contributed by atoms with Crippen LogP contribution >= 0.6 is 15.9 Å². The third-order valence-electron chi connectivity index (χ3n) is 4.79. The van der Waals surface area contributed by atoms with E-state index < -0.39 is 0 Å². The van der Waals surface area contributed by atoms with Crippen LogP contribution in [0.1, 0.15) is 24.0 Å². The van der Waals surface area contributed by atoms with Crippen molar-refractivity contribution < 1.29 is 4.74 Å². The van der Waals surface area contributed by atoms with E-state index in [9.17, 15) is 0 Å². The molecule has 3 nitrogen and oxygen atoms in total. The maximum atomic E-state index is 5.48. The summed E-state index contributed by atoms with van der Waals surface area (Å²) in [5.41, 5.74) is 4.19. The van der Waals surface area contributed by atoms with Crippen LogP contribution in [0.4, 0.5) is 5.69 Å². The van der Waals surface area contributed by atoms with E-state index in [1.165, 1.54) is 47.2 Å². The topological polar surface area (TPSA) is 15.7 Å². The van der Waals surface area contributed by atoms with E-state index in [0.29, 0.717) is 0 Å². The van der Waals surface area contributed by atoms with E-state index in [-0.39, 0.29) is 0 Å². The number of anilines is 1. The van der Waals surface area contributed by atoms with Crippen LogP contribution in [0.3, 0.4) is 0 Å². The van der Waals surface area contributed by atoms with Crippen molar-refractivity contribution in [3.05, 3.63) is 27.7 Å². The lowest BCUT2D eigenvalue weighted by molar-refractivity contribution is 0.0321. The summed E-state index contributed by atoms with van der Waals surface area (Å²) >= 11 is 3.59. The average molecular weight is 353 g/mol. The first kappa shape index (κ1) is 15.3. The summed E-state index contributed by atoms with van der Waals surface area (Å²) in [6, 6.07) is 5.20. The van der Waals surface area contributed by atoms with Gasteiger partial charge in [0.05, 0.1) is 0 Å². The van der Waals surface area contributed by atoms with Crippen LogP contribution in [0.25, 0.3) is 0 Å². The summed E-state index contributed by atoms with van der Waals surface area (Å²) in [5, 5.41) is 0. The first-order valence-electron chi connectivity index (χ1n) is 7.98. The van der Waals surface area contributed by atoms with Crippen molar-refractivity contribution in [1.82, 2.24) is 4.90 Å². The predicted octanol–water partition coefficient (Wildman–Crippen LogP) is 3.37. The maximum absolute atomic E-state index is 5.48. The van der Waals surface area contributed by atoms with Gasteiger partial charge in [-0.3, -0.25) is 4.90 Å². The van der Waals surface area contributed by atoms with Gasteiger partial charge in [-0.05, 0) is 49.9 Å². The molecule has 0 bridgehead atoms. The zero-order valence-corrected chi connectivity index (χ0v) is 14.7. The van der Waals surface area contributed by atoms with Crippen LogP contribution in [0.15, 0.2) is 16.6 Å². The summed E-state index contributed by atoms with van der Waals surface area (Å²) in [6.07, 6.45) is 2.41. The van der Waals surface area contributed by atoms with Crippen molar-refractivity contribution in [3.8, 4) is 0 Å². The van der Waals surface area contributed by atoms with E-state index in [0.717, 1.165) is 32.3 Å². The third-order valence-corrected chi connectivity index (χ3v) is 5.25. The Labute approximate surface area is 136 Å². The van der Waals surface area contributed by atoms with E-state index in [1.54, 1.807) is 0 Å². The smallest absolute Gasteiger partial charge is 0.0480 e. The van der Waals surface area contributed by atoms with Gasteiger partial charge in [-0.2, -0.15) is 0 Å². The first-order chi connectivity index (χ1) is 10.1. The van der Waals surface area contributed by atoms with E-state index >= 15 is 0 Å². The minimum Gasteiger partial charge on any atom is -0.381 e. The lowest BCUT2D eigenvalue weighted by atomic mass is 10.0. The largest absolute Gasteiger partial charge is 0.381 e. The Hall–Kier alpha value is -0.580. The molecular weight excluding hydrogens is 328 g/mol. The minimum atomic E-state index is 0.744. The number of rotatable bonds is 2. The van der Waals surface area contributed by atoms with Gasteiger partial charge in [0.15, 0.2) is 0 Å². The minimum absolute atomic E-state index is 0.744. The lowest BCUT2D eigenvalue weighted by Crippen LogP contribution is -2.52. The first-order valence-corrected chi connectivity index (χ1v) is 8.78. The molecule has 0 saturated carbocycles. The fourth-order valence-electron chi connectivity index (χ4n) is 3.76. The van der Waals surface area contributed by atoms with E-state index in [4.69, 9.17) is 4.74 Å². The molecule has 4 heteroatoms. The van der Waals surface area contributed by atoms with Gasteiger partial charge in [0.25, 0.3) is 0 Å². The van der Waals surface area contributed by atoms with E-state index in [2.05, 4.69) is 51.7 Å². The fraction of sp³-hybridized carbons (Fsp3) is 0.647. The highest BCUT2D eigenvalue weighted by atomic mass is 79.9. The number of piperazine rings is 1. The summed E-state index contributed by atoms with van der Waals surface area (Å²) in [7, 11) is 0. The molecule has 0 spiro atoms. The van der Waals surface area contributed by atoms with E-state index in [1.807, 2.05) is 0 Å². The van der Waals surface area contributed by atoms with Crippen LogP contribution in [-0.2, 0) is 4.74 Å². The number of benzene rings is 1. The second-order valence-electron chi connectivity index (χ2n) is 6.25. The van der Waals surface area contributed by atoms with Crippen LogP contribution in [-0.4, -0.2) is 50.3 Å². The Morgan fingerprint density at radius 1 is 1.00 bits per heavy atom. The average Bonchev–Trinajstić information content (AvgIpc) is 2.48. The molecule has 0 atom stereocenters. The molecule has 0 unspecified atom stereocenters. The Balaban J connectivity index is 1.65. The normalized spacial score (nSPS) is 21.8. The maximum Gasteiger partial charge on any atom is 0.0480 e. The number of ether oxygens (including phenoxy) is 1. The van der Waals surface area contributed by atoms with Crippen molar-refractivity contribution in [2.24, 2.45) is 0 Å². The Morgan fingerprint density at radius 3 is 2.14 bits per heavy atom. The van der Waals surface area contributed by atoms with Crippen LogP contribution in [0.5, 0.6) is 0 Å². The number of hydrogen-bond acceptors (Lipinski definition) is 3. The van der Waals surface area contributed by atoms with Gasteiger partial charge in [0.1, 0.15) is 0 Å². The molecule has 2 aliphatic heterocycles. The molecule has 2 saturated heterocycles. The summed E-state index contributed by atoms with van der Waals surface area (Å²) in [5.74, 6) is 0. The molecule has 2 heterocycles. The van der Waals surface area contributed by atoms with Gasteiger partial charge in [-0.25, -0.2) is 0 Å². The Bertz CT molecular complexity index is 469. The third kappa shape index (κ3) is 3.43. The number of nitrogens with zero attached hydrogens (tertiary/aromatic N) is 2. The standard InChI is InChI=1S/C17H25BrN2O/c1-13-11-15(18)12-14(2)17(13)20-7-5-19(6-8-20)16-3-9-21-10-4-16/h11-12,16H,3-10H2,1-2H3. The van der Waals surface area contributed by atoms with Gasteiger partial charge in [0.2, 0.25) is 0 Å². The van der Waals surface area contributed by atoms with Crippen molar-refractivity contribution in [1.29, 1.82) is 0 Å².